The zero-order chi connectivity index (χ0) is 14.8. The van der Waals surface area contributed by atoms with E-state index in [0.29, 0.717) is 5.69 Å². The fourth-order valence-electron chi connectivity index (χ4n) is 2.80. The molecule has 0 unspecified atom stereocenters. The lowest BCUT2D eigenvalue weighted by atomic mass is 9.83. The van der Waals surface area contributed by atoms with Crippen molar-refractivity contribution < 1.29 is 14.8 Å². The number of nitrogens with zero attached hydrogens (tertiary/aromatic N) is 1. The Morgan fingerprint density at radius 3 is 2.55 bits per heavy atom. The van der Waals surface area contributed by atoms with E-state index >= 15 is 0 Å². The molecule has 2 rings (SSSR count). The van der Waals surface area contributed by atoms with Gasteiger partial charge in [-0.05, 0) is 31.9 Å². The topological polar surface area (TPSA) is 92.5 Å². The number of hydrogen-bond donors (Lipinski definition) is 2. The second kappa shape index (κ2) is 5.48. The van der Waals surface area contributed by atoms with Crippen molar-refractivity contribution in [2.45, 2.75) is 44.6 Å². The van der Waals surface area contributed by atoms with Crippen molar-refractivity contribution in [3.8, 4) is 0 Å². The zero-order valence-corrected chi connectivity index (χ0v) is 11.4. The number of carboxylic acids is 1. The number of rotatable bonds is 4. The maximum atomic E-state index is 11.2. The highest BCUT2D eigenvalue weighted by Crippen LogP contribution is 2.36. The van der Waals surface area contributed by atoms with Gasteiger partial charge in [0.05, 0.1) is 4.92 Å². The van der Waals surface area contributed by atoms with Gasteiger partial charge in [-0.3, -0.25) is 10.1 Å². The Kier molecular flexibility index (Phi) is 3.92. The van der Waals surface area contributed by atoms with E-state index in [2.05, 4.69) is 5.32 Å². The molecule has 6 nitrogen and oxygen atoms in total. The van der Waals surface area contributed by atoms with E-state index in [1.165, 1.54) is 18.6 Å². The molecule has 0 amide bonds. The van der Waals surface area contributed by atoms with E-state index in [-0.39, 0.29) is 16.8 Å². The summed E-state index contributed by atoms with van der Waals surface area (Å²) in [6, 6.07) is 4.37. The molecule has 0 bridgehead atoms. The standard InChI is InChI=1S/C14H18N2O4/c1-14(8-3-2-4-9-14)15-11-7-5-6-10(13(17)18)12(11)16(19)20/h5-7,15H,2-4,8-9H2,1H3,(H,17,18). The number of benzene rings is 1. The van der Waals surface area contributed by atoms with E-state index in [1.54, 1.807) is 6.07 Å². The molecular weight excluding hydrogens is 260 g/mol. The van der Waals surface area contributed by atoms with E-state index in [4.69, 9.17) is 5.11 Å². The molecule has 0 spiro atoms. The molecule has 0 saturated heterocycles. The van der Waals surface area contributed by atoms with Gasteiger partial charge in [0.15, 0.2) is 0 Å². The summed E-state index contributed by atoms with van der Waals surface area (Å²) in [5.41, 5.74) is -0.550. The van der Waals surface area contributed by atoms with Gasteiger partial charge >= 0.3 is 11.7 Å². The summed E-state index contributed by atoms with van der Waals surface area (Å²) in [4.78, 5) is 21.7. The van der Waals surface area contributed by atoms with E-state index in [0.717, 1.165) is 25.7 Å². The summed E-state index contributed by atoms with van der Waals surface area (Å²) in [5, 5.41) is 23.5. The van der Waals surface area contributed by atoms with Crippen molar-refractivity contribution in [1.82, 2.24) is 0 Å². The Morgan fingerprint density at radius 2 is 2.00 bits per heavy atom. The quantitative estimate of drug-likeness (QED) is 0.650. The third kappa shape index (κ3) is 2.89. The largest absolute Gasteiger partial charge is 0.477 e. The zero-order valence-electron chi connectivity index (χ0n) is 11.4. The molecule has 1 saturated carbocycles. The average Bonchev–Trinajstić information content (AvgIpc) is 2.38. The smallest absolute Gasteiger partial charge is 0.342 e. The van der Waals surface area contributed by atoms with Crippen LogP contribution in [-0.2, 0) is 0 Å². The average molecular weight is 278 g/mol. The normalized spacial score (nSPS) is 17.4. The van der Waals surface area contributed by atoms with Crippen LogP contribution in [0.1, 0.15) is 49.4 Å². The lowest BCUT2D eigenvalue weighted by Crippen LogP contribution is -2.37. The Hall–Kier alpha value is -2.11. The Morgan fingerprint density at radius 1 is 1.35 bits per heavy atom. The van der Waals surface area contributed by atoms with Crippen LogP contribution in [0.15, 0.2) is 18.2 Å². The van der Waals surface area contributed by atoms with Crippen molar-refractivity contribution in [2.75, 3.05) is 5.32 Å². The SMILES string of the molecule is CC1(Nc2cccc(C(=O)O)c2[N+](=O)[O-])CCCCC1. The maximum Gasteiger partial charge on any atom is 0.342 e. The van der Waals surface area contributed by atoms with Crippen LogP contribution in [0.25, 0.3) is 0 Å². The first-order chi connectivity index (χ1) is 9.43. The fourth-order valence-corrected chi connectivity index (χ4v) is 2.80. The van der Waals surface area contributed by atoms with Gasteiger partial charge in [0.1, 0.15) is 11.3 Å². The summed E-state index contributed by atoms with van der Waals surface area (Å²) >= 11 is 0. The summed E-state index contributed by atoms with van der Waals surface area (Å²) in [6.07, 6.45) is 5.20. The molecule has 1 fully saturated rings. The first-order valence-corrected chi connectivity index (χ1v) is 6.72. The molecule has 0 aromatic heterocycles. The minimum Gasteiger partial charge on any atom is -0.477 e. The second-order valence-electron chi connectivity index (χ2n) is 5.51. The van der Waals surface area contributed by atoms with Crippen LogP contribution in [-0.4, -0.2) is 21.5 Å². The second-order valence-corrected chi connectivity index (χ2v) is 5.51. The van der Waals surface area contributed by atoms with Crippen molar-refractivity contribution in [3.05, 3.63) is 33.9 Å². The van der Waals surface area contributed by atoms with Crippen LogP contribution >= 0.6 is 0 Å². The van der Waals surface area contributed by atoms with Crippen LogP contribution < -0.4 is 5.32 Å². The van der Waals surface area contributed by atoms with Crippen molar-refractivity contribution in [1.29, 1.82) is 0 Å². The third-order valence-corrected chi connectivity index (χ3v) is 3.84. The Labute approximate surface area is 117 Å². The van der Waals surface area contributed by atoms with E-state index in [1.807, 2.05) is 6.92 Å². The highest BCUT2D eigenvalue weighted by Gasteiger charge is 2.31. The first kappa shape index (κ1) is 14.3. The van der Waals surface area contributed by atoms with Gasteiger partial charge in [-0.25, -0.2) is 4.79 Å². The number of carbonyl (C=O) groups is 1. The summed E-state index contributed by atoms with van der Waals surface area (Å²) in [7, 11) is 0. The molecule has 20 heavy (non-hydrogen) atoms. The van der Waals surface area contributed by atoms with Gasteiger partial charge < -0.3 is 10.4 Å². The molecule has 1 aliphatic rings. The Balaban J connectivity index is 2.38. The number of aromatic carboxylic acids is 1. The summed E-state index contributed by atoms with van der Waals surface area (Å²) in [5.74, 6) is -1.28. The van der Waals surface area contributed by atoms with E-state index in [9.17, 15) is 14.9 Å². The Bertz CT molecular complexity index is 536. The van der Waals surface area contributed by atoms with E-state index < -0.39 is 10.9 Å². The molecule has 1 aliphatic carbocycles. The molecule has 1 aromatic rings. The third-order valence-electron chi connectivity index (χ3n) is 3.84. The van der Waals surface area contributed by atoms with Gasteiger partial charge in [0.25, 0.3) is 0 Å². The van der Waals surface area contributed by atoms with Crippen molar-refractivity contribution in [2.24, 2.45) is 0 Å². The fraction of sp³-hybridized carbons (Fsp3) is 0.500. The molecule has 6 heteroatoms. The number of nitro groups is 1. The van der Waals surface area contributed by atoms with Crippen LogP contribution in [0.4, 0.5) is 11.4 Å². The summed E-state index contributed by atoms with van der Waals surface area (Å²) in [6.45, 7) is 2.03. The number of anilines is 1. The highest BCUT2D eigenvalue weighted by molar-refractivity contribution is 5.95. The molecule has 0 radical (unpaired) electrons. The minimum atomic E-state index is -1.28. The lowest BCUT2D eigenvalue weighted by molar-refractivity contribution is -0.384. The predicted molar refractivity (Wildman–Crippen MR) is 75.2 cm³/mol. The van der Waals surface area contributed by atoms with Crippen LogP contribution in [0, 0.1) is 10.1 Å². The number of nitrogens with one attached hydrogen (secondary N) is 1. The number of hydrogen-bond acceptors (Lipinski definition) is 4. The molecule has 0 aliphatic heterocycles. The van der Waals surface area contributed by atoms with Gasteiger partial charge in [-0.15, -0.1) is 0 Å². The molecule has 0 heterocycles. The van der Waals surface area contributed by atoms with Crippen molar-refractivity contribution in [3.63, 3.8) is 0 Å². The lowest BCUT2D eigenvalue weighted by Gasteiger charge is -2.35. The highest BCUT2D eigenvalue weighted by atomic mass is 16.6. The number of para-hydroxylation sites is 1. The molecule has 0 atom stereocenters. The predicted octanol–water partition coefficient (Wildman–Crippen LogP) is 3.43. The van der Waals surface area contributed by atoms with Gasteiger partial charge in [0.2, 0.25) is 0 Å². The summed E-state index contributed by atoms with van der Waals surface area (Å²) < 4.78 is 0. The molecule has 2 N–H and O–H groups in total. The number of carboxylic acid groups (broad SMARTS) is 1. The van der Waals surface area contributed by atoms with Gasteiger partial charge in [-0.2, -0.15) is 0 Å². The van der Waals surface area contributed by atoms with Crippen molar-refractivity contribution >= 4 is 17.3 Å². The van der Waals surface area contributed by atoms with Crippen LogP contribution in [0.5, 0.6) is 0 Å². The molecule has 1 aromatic carbocycles. The molecule has 108 valence electrons. The monoisotopic (exact) mass is 278 g/mol. The number of nitro benzene ring substituents is 1. The van der Waals surface area contributed by atoms with Crippen LogP contribution in [0.3, 0.4) is 0 Å². The van der Waals surface area contributed by atoms with Crippen LogP contribution in [0.2, 0.25) is 0 Å². The van der Waals surface area contributed by atoms with Gasteiger partial charge in [0, 0.05) is 5.54 Å². The van der Waals surface area contributed by atoms with Gasteiger partial charge in [-0.1, -0.05) is 25.3 Å². The maximum absolute atomic E-state index is 11.2. The minimum absolute atomic E-state index is 0.208. The first-order valence-electron chi connectivity index (χ1n) is 6.72. The molecular formula is C14H18N2O4.